The second kappa shape index (κ2) is 3.54. The zero-order chi connectivity index (χ0) is 9.26. The Kier molecular flexibility index (Phi) is 2.40. The fourth-order valence-corrected chi connectivity index (χ4v) is 2.16. The molecule has 0 saturated heterocycles. The molecule has 0 amide bonds. The molecule has 2 heteroatoms. The van der Waals surface area contributed by atoms with Crippen LogP contribution >= 0.6 is 0 Å². The summed E-state index contributed by atoms with van der Waals surface area (Å²) in [6.45, 7) is 2.60. The van der Waals surface area contributed by atoms with Crippen LogP contribution in [0.5, 0.6) is 0 Å². The van der Waals surface area contributed by atoms with Crippen LogP contribution in [-0.2, 0) is 6.54 Å². The Morgan fingerprint density at radius 2 is 2.15 bits per heavy atom. The Balaban J connectivity index is 2.20. The van der Waals surface area contributed by atoms with Gasteiger partial charge in [0.25, 0.3) is 0 Å². The van der Waals surface area contributed by atoms with Gasteiger partial charge in [-0.1, -0.05) is 12.8 Å². The standard InChI is InChI=1S/C11H17NO/c1-8-10(7-12)6-11(13-8)9-4-2-3-5-9/h6,9H,2-5,7,12H2,1H3. The Morgan fingerprint density at radius 3 is 2.69 bits per heavy atom. The Morgan fingerprint density at radius 1 is 1.46 bits per heavy atom. The van der Waals surface area contributed by atoms with Gasteiger partial charge in [-0.2, -0.15) is 0 Å². The molecular formula is C11H17NO. The van der Waals surface area contributed by atoms with Crippen LogP contribution in [-0.4, -0.2) is 0 Å². The summed E-state index contributed by atoms with van der Waals surface area (Å²) in [6, 6.07) is 2.14. The van der Waals surface area contributed by atoms with E-state index in [-0.39, 0.29) is 0 Å². The Labute approximate surface area is 79.1 Å². The molecule has 0 atom stereocenters. The van der Waals surface area contributed by atoms with Gasteiger partial charge in [0.1, 0.15) is 11.5 Å². The van der Waals surface area contributed by atoms with Gasteiger partial charge in [-0.05, 0) is 25.8 Å². The zero-order valence-corrected chi connectivity index (χ0v) is 8.18. The minimum Gasteiger partial charge on any atom is -0.466 e. The molecule has 2 N–H and O–H groups in total. The van der Waals surface area contributed by atoms with E-state index < -0.39 is 0 Å². The van der Waals surface area contributed by atoms with Crippen molar-refractivity contribution in [1.29, 1.82) is 0 Å². The maximum absolute atomic E-state index is 5.71. The average molecular weight is 179 g/mol. The van der Waals surface area contributed by atoms with E-state index in [1.54, 1.807) is 0 Å². The lowest BCUT2D eigenvalue weighted by Gasteiger charge is -2.02. The highest BCUT2D eigenvalue weighted by Gasteiger charge is 2.21. The van der Waals surface area contributed by atoms with Crippen molar-refractivity contribution < 1.29 is 4.42 Å². The predicted octanol–water partition coefficient (Wildman–Crippen LogP) is 2.70. The van der Waals surface area contributed by atoms with Crippen LogP contribution in [0.4, 0.5) is 0 Å². The Bertz CT molecular complexity index is 284. The van der Waals surface area contributed by atoms with Gasteiger partial charge in [-0.3, -0.25) is 0 Å². The largest absolute Gasteiger partial charge is 0.466 e. The van der Waals surface area contributed by atoms with E-state index in [9.17, 15) is 0 Å². The van der Waals surface area contributed by atoms with E-state index >= 15 is 0 Å². The summed E-state index contributed by atoms with van der Waals surface area (Å²) in [5.74, 6) is 2.83. The summed E-state index contributed by atoms with van der Waals surface area (Å²) >= 11 is 0. The minimum atomic E-state index is 0.599. The molecule has 1 fully saturated rings. The van der Waals surface area contributed by atoms with E-state index in [4.69, 9.17) is 10.2 Å². The topological polar surface area (TPSA) is 39.2 Å². The van der Waals surface area contributed by atoms with Gasteiger partial charge in [-0.25, -0.2) is 0 Å². The number of hydrogen-bond donors (Lipinski definition) is 1. The summed E-state index contributed by atoms with van der Waals surface area (Å²) in [4.78, 5) is 0. The van der Waals surface area contributed by atoms with Crippen molar-refractivity contribution in [3.63, 3.8) is 0 Å². The van der Waals surface area contributed by atoms with E-state index in [0.717, 1.165) is 11.5 Å². The fraction of sp³-hybridized carbons (Fsp3) is 0.636. The molecule has 1 aromatic rings. The molecule has 0 aliphatic heterocycles. The molecule has 0 unspecified atom stereocenters. The van der Waals surface area contributed by atoms with Crippen LogP contribution in [0, 0.1) is 6.92 Å². The van der Waals surface area contributed by atoms with Crippen molar-refractivity contribution >= 4 is 0 Å². The van der Waals surface area contributed by atoms with Gasteiger partial charge < -0.3 is 10.2 Å². The van der Waals surface area contributed by atoms with Gasteiger partial charge in [-0.15, -0.1) is 0 Å². The maximum Gasteiger partial charge on any atom is 0.107 e. The van der Waals surface area contributed by atoms with Crippen molar-refractivity contribution in [2.75, 3.05) is 0 Å². The fourth-order valence-electron chi connectivity index (χ4n) is 2.16. The molecule has 2 nitrogen and oxygen atoms in total. The lowest BCUT2D eigenvalue weighted by Crippen LogP contribution is -1.95. The van der Waals surface area contributed by atoms with Crippen molar-refractivity contribution in [2.24, 2.45) is 5.73 Å². The molecule has 1 aromatic heterocycles. The zero-order valence-electron chi connectivity index (χ0n) is 8.18. The molecule has 1 saturated carbocycles. The molecule has 1 aliphatic rings. The Hall–Kier alpha value is -0.760. The van der Waals surface area contributed by atoms with Crippen LogP contribution in [0.15, 0.2) is 10.5 Å². The van der Waals surface area contributed by atoms with E-state index in [0.29, 0.717) is 12.5 Å². The molecular weight excluding hydrogens is 162 g/mol. The highest BCUT2D eigenvalue weighted by atomic mass is 16.3. The second-order valence-corrected chi connectivity index (χ2v) is 3.92. The third-order valence-corrected chi connectivity index (χ3v) is 3.02. The number of hydrogen-bond acceptors (Lipinski definition) is 2. The number of rotatable bonds is 2. The second-order valence-electron chi connectivity index (χ2n) is 3.92. The van der Waals surface area contributed by atoms with Crippen LogP contribution in [0.1, 0.15) is 48.7 Å². The number of aryl methyl sites for hydroxylation is 1. The monoisotopic (exact) mass is 179 g/mol. The van der Waals surface area contributed by atoms with E-state index in [1.165, 1.54) is 31.2 Å². The van der Waals surface area contributed by atoms with Gasteiger partial charge in [0.15, 0.2) is 0 Å². The van der Waals surface area contributed by atoms with E-state index in [2.05, 4.69) is 6.07 Å². The lowest BCUT2D eigenvalue weighted by atomic mass is 10.0. The minimum absolute atomic E-state index is 0.599. The number of furan rings is 1. The van der Waals surface area contributed by atoms with Crippen molar-refractivity contribution in [1.82, 2.24) is 0 Å². The first kappa shape index (κ1) is 8.82. The van der Waals surface area contributed by atoms with Gasteiger partial charge >= 0.3 is 0 Å². The predicted molar refractivity (Wildman–Crippen MR) is 52.5 cm³/mol. The van der Waals surface area contributed by atoms with Gasteiger partial charge in [0.05, 0.1) is 0 Å². The van der Waals surface area contributed by atoms with Crippen molar-refractivity contribution in [3.05, 3.63) is 23.2 Å². The SMILES string of the molecule is Cc1oc(C2CCCC2)cc1CN. The summed E-state index contributed by atoms with van der Waals surface area (Å²) in [5.41, 5.74) is 6.77. The molecule has 1 aliphatic carbocycles. The van der Waals surface area contributed by atoms with Crippen molar-refractivity contribution in [2.45, 2.75) is 45.1 Å². The molecule has 0 aromatic carbocycles. The summed E-state index contributed by atoms with van der Waals surface area (Å²) < 4.78 is 5.71. The molecule has 0 bridgehead atoms. The first-order valence-electron chi connectivity index (χ1n) is 5.10. The molecule has 1 heterocycles. The van der Waals surface area contributed by atoms with Crippen LogP contribution < -0.4 is 5.73 Å². The summed E-state index contributed by atoms with van der Waals surface area (Å²) in [7, 11) is 0. The van der Waals surface area contributed by atoms with Crippen molar-refractivity contribution in [3.8, 4) is 0 Å². The highest BCUT2D eigenvalue weighted by molar-refractivity contribution is 5.23. The molecule has 0 spiro atoms. The quantitative estimate of drug-likeness (QED) is 0.758. The van der Waals surface area contributed by atoms with Crippen LogP contribution in [0.25, 0.3) is 0 Å². The van der Waals surface area contributed by atoms with Crippen LogP contribution in [0.3, 0.4) is 0 Å². The average Bonchev–Trinajstić information content (AvgIpc) is 2.71. The maximum atomic E-state index is 5.71. The van der Waals surface area contributed by atoms with E-state index in [1.807, 2.05) is 6.92 Å². The van der Waals surface area contributed by atoms with Crippen LogP contribution in [0.2, 0.25) is 0 Å². The summed E-state index contributed by atoms with van der Waals surface area (Å²) in [6.07, 6.45) is 5.28. The molecule has 2 rings (SSSR count). The third kappa shape index (κ3) is 1.63. The first-order chi connectivity index (χ1) is 6.31. The third-order valence-electron chi connectivity index (χ3n) is 3.02. The first-order valence-corrected chi connectivity index (χ1v) is 5.10. The lowest BCUT2D eigenvalue weighted by molar-refractivity contribution is 0.443. The van der Waals surface area contributed by atoms with Gasteiger partial charge in [0, 0.05) is 18.0 Å². The molecule has 0 radical (unpaired) electrons. The molecule has 13 heavy (non-hydrogen) atoms. The highest BCUT2D eigenvalue weighted by Crippen LogP contribution is 2.35. The number of nitrogens with two attached hydrogens (primary N) is 1. The summed E-state index contributed by atoms with van der Waals surface area (Å²) in [5, 5.41) is 0. The normalized spacial score (nSPS) is 18.3. The molecule has 72 valence electrons. The van der Waals surface area contributed by atoms with Gasteiger partial charge in [0.2, 0.25) is 0 Å². The smallest absolute Gasteiger partial charge is 0.107 e.